The molecular weight excluding hydrogens is 434 g/mol. The second kappa shape index (κ2) is 7.09. The van der Waals surface area contributed by atoms with Gasteiger partial charge in [-0.1, -0.05) is 15.9 Å². The van der Waals surface area contributed by atoms with E-state index in [1.54, 1.807) is 18.2 Å². The van der Waals surface area contributed by atoms with Crippen molar-refractivity contribution in [3.05, 3.63) is 63.1 Å². The van der Waals surface area contributed by atoms with Crippen LogP contribution in [0.4, 0.5) is 14.5 Å². The van der Waals surface area contributed by atoms with Crippen molar-refractivity contribution >= 4 is 39.3 Å². The Kier molecular flexibility index (Phi) is 4.74. The molecule has 144 valence electrons. The van der Waals surface area contributed by atoms with Gasteiger partial charge in [0.25, 0.3) is 11.8 Å². The average molecular weight is 449 g/mol. The third kappa shape index (κ3) is 3.11. The lowest BCUT2D eigenvalue weighted by molar-refractivity contribution is -0.118. The number of hydrogen-bond donors (Lipinski definition) is 0. The summed E-state index contributed by atoms with van der Waals surface area (Å²) in [5, 5.41) is 0. The van der Waals surface area contributed by atoms with Crippen molar-refractivity contribution in [1.29, 1.82) is 0 Å². The van der Waals surface area contributed by atoms with E-state index in [1.807, 2.05) is 0 Å². The molecule has 4 rings (SSSR count). The zero-order chi connectivity index (χ0) is 20.0. The highest BCUT2D eigenvalue weighted by Gasteiger charge is 2.35. The highest BCUT2D eigenvalue weighted by atomic mass is 79.9. The summed E-state index contributed by atoms with van der Waals surface area (Å²) in [6.07, 6.45) is 0.671. The van der Waals surface area contributed by atoms with Crippen LogP contribution in [0.25, 0.3) is 0 Å². The van der Waals surface area contributed by atoms with E-state index in [0.29, 0.717) is 27.6 Å². The van der Waals surface area contributed by atoms with Crippen LogP contribution in [0, 0.1) is 11.6 Å². The van der Waals surface area contributed by atoms with Crippen molar-refractivity contribution in [2.24, 2.45) is 0 Å². The minimum absolute atomic E-state index is 0.0642. The van der Waals surface area contributed by atoms with Crippen LogP contribution in [0.5, 0.6) is 0 Å². The minimum atomic E-state index is -0.729. The molecule has 0 spiro atoms. The molecule has 2 aromatic rings. The predicted octanol–water partition coefficient (Wildman–Crippen LogP) is 3.69. The van der Waals surface area contributed by atoms with Gasteiger partial charge in [0.1, 0.15) is 11.6 Å². The number of halogens is 3. The monoisotopic (exact) mass is 448 g/mol. The van der Waals surface area contributed by atoms with Gasteiger partial charge in [-0.2, -0.15) is 0 Å². The van der Waals surface area contributed by atoms with E-state index >= 15 is 0 Å². The first-order valence-corrected chi connectivity index (χ1v) is 9.60. The van der Waals surface area contributed by atoms with E-state index in [9.17, 15) is 23.2 Å². The number of hydrogen-bond acceptors (Lipinski definition) is 3. The van der Waals surface area contributed by atoms with Crippen molar-refractivity contribution in [2.45, 2.75) is 19.3 Å². The molecule has 2 aliphatic heterocycles. The van der Waals surface area contributed by atoms with Gasteiger partial charge in [-0.25, -0.2) is 8.78 Å². The summed E-state index contributed by atoms with van der Waals surface area (Å²) in [4.78, 5) is 39.8. The molecular formula is C20H15BrF2N2O3. The summed E-state index contributed by atoms with van der Waals surface area (Å²) < 4.78 is 28.0. The Morgan fingerprint density at radius 1 is 1.07 bits per heavy atom. The lowest BCUT2D eigenvalue weighted by atomic mass is 10.1. The predicted molar refractivity (Wildman–Crippen MR) is 101 cm³/mol. The first-order chi connectivity index (χ1) is 13.4. The fourth-order valence-corrected chi connectivity index (χ4v) is 4.03. The van der Waals surface area contributed by atoms with Crippen molar-refractivity contribution in [1.82, 2.24) is 4.90 Å². The van der Waals surface area contributed by atoms with Gasteiger partial charge in [-0.05, 0) is 37.1 Å². The third-order valence-electron chi connectivity index (χ3n) is 5.02. The average Bonchev–Trinajstić information content (AvgIpc) is 3.16. The number of rotatable bonds is 4. The summed E-state index contributed by atoms with van der Waals surface area (Å²) in [5.74, 6) is -2.43. The molecule has 28 heavy (non-hydrogen) atoms. The Morgan fingerprint density at radius 3 is 2.61 bits per heavy atom. The maximum Gasteiger partial charge on any atom is 0.261 e. The number of amides is 3. The molecule has 0 unspecified atom stereocenters. The Bertz CT molecular complexity index is 1020. The number of carbonyl (C=O) groups is 3. The second-order valence-electron chi connectivity index (χ2n) is 6.74. The number of benzene rings is 2. The van der Waals surface area contributed by atoms with Gasteiger partial charge in [-0.15, -0.1) is 0 Å². The van der Waals surface area contributed by atoms with Crippen LogP contribution >= 0.6 is 15.9 Å². The minimum Gasteiger partial charge on any atom is -0.312 e. The molecule has 2 aromatic carbocycles. The number of nitrogens with zero attached hydrogens (tertiary/aromatic N) is 2. The van der Waals surface area contributed by atoms with Gasteiger partial charge >= 0.3 is 0 Å². The van der Waals surface area contributed by atoms with Crippen LogP contribution in [-0.2, 0) is 11.2 Å². The van der Waals surface area contributed by atoms with E-state index in [4.69, 9.17) is 0 Å². The van der Waals surface area contributed by atoms with E-state index in [2.05, 4.69) is 15.9 Å². The van der Waals surface area contributed by atoms with Crippen molar-refractivity contribution in [3.63, 3.8) is 0 Å². The van der Waals surface area contributed by atoms with Crippen LogP contribution < -0.4 is 4.90 Å². The molecule has 2 aliphatic rings. The topological polar surface area (TPSA) is 57.7 Å². The summed E-state index contributed by atoms with van der Waals surface area (Å²) in [5.41, 5.74) is 1.28. The first kappa shape index (κ1) is 18.7. The Balaban J connectivity index is 1.40. The molecule has 0 fully saturated rings. The summed E-state index contributed by atoms with van der Waals surface area (Å²) in [6, 6.07) is 6.86. The van der Waals surface area contributed by atoms with Crippen LogP contribution in [0.2, 0.25) is 0 Å². The van der Waals surface area contributed by atoms with Crippen molar-refractivity contribution < 1.29 is 23.2 Å². The van der Waals surface area contributed by atoms with E-state index < -0.39 is 11.6 Å². The Hall–Kier alpha value is -2.61. The molecule has 2 heterocycles. The summed E-state index contributed by atoms with van der Waals surface area (Å²) in [6.45, 7) is 0.392. The lowest BCUT2D eigenvalue weighted by Crippen LogP contribution is -2.33. The fraction of sp³-hybridized carbons (Fsp3) is 0.250. The molecule has 5 nitrogen and oxygen atoms in total. The number of imide groups is 1. The molecule has 0 saturated carbocycles. The van der Waals surface area contributed by atoms with Gasteiger partial charge in [0.2, 0.25) is 5.91 Å². The highest BCUT2D eigenvalue weighted by molar-refractivity contribution is 9.10. The SMILES string of the molecule is O=C1c2ccc(Br)cc2C(=O)N1CCCC(=O)N1CCc2c(F)cc(F)cc21. The molecule has 0 atom stereocenters. The van der Waals surface area contributed by atoms with Gasteiger partial charge in [-0.3, -0.25) is 19.3 Å². The fourth-order valence-electron chi connectivity index (χ4n) is 3.67. The van der Waals surface area contributed by atoms with E-state index in [1.165, 1.54) is 4.90 Å². The van der Waals surface area contributed by atoms with E-state index in [-0.39, 0.29) is 49.3 Å². The van der Waals surface area contributed by atoms with Gasteiger partial charge in [0.05, 0.1) is 16.8 Å². The number of fused-ring (bicyclic) bond motifs is 2. The standard InChI is InChI=1S/C20H15BrF2N2O3/c21-11-3-4-13-15(8-11)20(28)25(19(13)27)6-1-2-18(26)24-7-5-14-16(23)9-12(22)10-17(14)24/h3-4,8-10H,1-2,5-7H2. The van der Waals surface area contributed by atoms with Crippen LogP contribution in [0.15, 0.2) is 34.8 Å². The van der Waals surface area contributed by atoms with Gasteiger partial charge < -0.3 is 4.90 Å². The zero-order valence-corrected chi connectivity index (χ0v) is 16.3. The maximum atomic E-state index is 13.8. The highest BCUT2D eigenvalue weighted by Crippen LogP contribution is 2.32. The molecule has 0 N–H and O–H groups in total. The number of carbonyl (C=O) groups excluding carboxylic acids is 3. The Morgan fingerprint density at radius 2 is 1.82 bits per heavy atom. The molecule has 0 aliphatic carbocycles. The molecule has 0 bridgehead atoms. The summed E-state index contributed by atoms with van der Waals surface area (Å²) in [7, 11) is 0. The quantitative estimate of drug-likeness (QED) is 0.670. The molecule has 0 radical (unpaired) electrons. The second-order valence-corrected chi connectivity index (χ2v) is 7.65. The van der Waals surface area contributed by atoms with Gasteiger partial charge in [0.15, 0.2) is 0 Å². The number of anilines is 1. The van der Waals surface area contributed by atoms with Crippen LogP contribution in [0.1, 0.15) is 39.1 Å². The lowest BCUT2D eigenvalue weighted by Gasteiger charge is -2.19. The molecule has 0 saturated heterocycles. The molecule has 0 aromatic heterocycles. The van der Waals surface area contributed by atoms with E-state index in [0.717, 1.165) is 17.0 Å². The normalized spacial score (nSPS) is 15.2. The summed E-state index contributed by atoms with van der Waals surface area (Å²) >= 11 is 3.28. The smallest absolute Gasteiger partial charge is 0.261 e. The maximum absolute atomic E-state index is 13.8. The first-order valence-electron chi connectivity index (χ1n) is 8.81. The third-order valence-corrected chi connectivity index (χ3v) is 5.51. The Labute approximate surface area is 168 Å². The largest absolute Gasteiger partial charge is 0.312 e. The van der Waals surface area contributed by atoms with Crippen molar-refractivity contribution in [2.75, 3.05) is 18.0 Å². The van der Waals surface area contributed by atoms with Crippen LogP contribution in [0.3, 0.4) is 0 Å². The van der Waals surface area contributed by atoms with Gasteiger partial charge in [0, 0.05) is 35.6 Å². The van der Waals surface area contributed by atoms with Crippen molar-refractivity contribution in [3.8, 4) is 0 Å². The van der Waals surface area contributed by atoms with Crippen LogP contribution in [-0.4, -0.2) is 35.7 Å². The molecule has 3 amide bonds. The molecule has 8 heteroatoms. The zero-order valence-electron chi connectivity index (χ0n) is 14.7.